The zero-order chi connectivity index (χ0) is 26.2. The number of likely N-dealkylation sites (N-methyl/N-ethyl adjacent to an activating group) is 1. The van der Waals surface area contributed by atoms with Crippen molar-refractivity contribution in [2.45, 2.75) is 77.7 Å². The topological polar surface area (TPSA) is 44.8 Å². The maximum Gasteiger partial charge on any atom is 0.231 e. The van der Waals surface area contributed by atoms with Gasteiger partial charge in [0.2, 0.25) is 12.5 Å². The highest BCUT2D eigenvalue weighted by molar-refractivity contribution is 5.98. The van der Waals surface area contributed by atoms with Crippen LogP contribution in [-0.4, -0.2) is 44.8 Å². The van der Waals surface area contributed by atoms with Crippen molar-refractivity contribution in [2.24, 2.45) is 5.92 Å². The number of aryl methyl sites for hydroxylation is 1. The molecule has 2 atom stereocenters. The number of carbonyl (C=O) groups excluding carboxylic acids is 1. The van der Waals surface area contributed by atoms with Gasteiger partial charge in [-0.1, -0.05) is 40.7 Å². The van der Waals surface area contributed by atoms with Gasteiger partial charge in [0.15, 0.2) is 17.3 Å². The number of fused-ring (bicyclic) bond motifs is 3. The molecule has 2 aliphatic heterocycles. The van der Waals surface area contributed by atoms with Crippen LogP contribution in [0.15, 0.2) is 18.2 Å². The van der Waals surface area contributed by atoms with Crippen molar-refractivity contribution in [3.05, 3.63) is 51.6 Å². The first-order valence-electron chi connectivity index (χ1n) is 13.3. The second-order valence-corrected chi connectivity index (χ2v) is 13.0. The minimum Gasteiger partial charge on any atom is -0.492 e. The SMILES string of the molecule is COc1c2c(cc3c1[C@@H](CC(=O)c1cc4c(cc1C)C(C)(C)[C@H](C)CC4(C)C)[N+](C)(C)CC3)OCO2. The van der Waals surface area contributed by atoms with Crippen molar-refractivity contribution >= 4 is 5.78 Å². The van der Waals surface area contributed by atoms with Gasteiger partial charge in [-0.05, 0) is 64.5 Å². The Morgan fingerprint density at radius 3 is 2.53 bits per heavy atom. The summed E-state index contributed by atoms with van der Waals surface area (Å²) in [6.07, 6.45) is 2.46. The number of rotatable bonds is 4. The summed E-state index contributed by atoms with van der Waals surface area (Å²) in [5.41, 5.74) is 7.10. The van der Waals surface area contributed by atoms with Crippen LogP contribution in [0.3, 0.4) is 0 Å². The molecular formula is C31H42NO4+. The molecule has 0 fully saturated rings. The molecule has 2 aromatic carbocycles. The summed E-state index contributed by atoms with van der Waals surface area (Å²) in [6.45, 7) is 15.0. The highest BCUT2D eigenvalue weighted by Gasteiger charge is 2.44. The third-order valence-corrected chi connectivity index (χ3v) is 9.60. The van der Waals surface area contributed by atoms with E-state index >= 15 is 0 Å². The lowest BCUT2D eigenvalue weighted by molar-refractivity contribution is -0.922. The van der Waals surface area contributed by atoms with E-state index in [9.17, 15) is 4.79 Å². The van der Waals surface area contributed by atoms with Crippen LogP contribution in [0.5, 0.6) is 17.2 Å². The molecule has 2 aromatic rings. The Balaban J connectivity index is 1.58. The van der Waals surface area contributed by atoms with Crippen LogP contribution in [0.1, 0.15) is 91.7 Å². The van der Waals surface area contributed by atoms with Crippen LogP contribution in [-0.2, 0) is 17.3 Å². The number of ketones is 1. The summed E-state index contributed by atoms with van der Waals surface area (Å²) in [5, 5.41) is 0. The standard InChI is InChI=1S/C31H42NO4/c1-18-12-23-22(30(3,4)16-19(2)31(23,5)6)14-21(18)25(33)15-24-27-20(10-11-32(24,7)8)13-26-28(29(27)34-9)36-17-35-26/h12-14,19,24H,10-11,15-17H2,1-9H3/q+1/t19-,24-/m1/s1. The van der Waals surface area contributed by atoms with Crippen LogP contribution in [0.2, 0.25) is 0 Å². The van der Waals surface area contributed by atoms with Gasteiger partial charge in [0.05, 0.1) is 39.7 Å². The lowest BCUT2D eigenvalue weighted by atomic mass is 9.58. The molecule has 0 N–H and O–H groups in total. The molecule has 2 heterocycles. The Kier molecular flexibility index (Phi) is 5.75. The third-order valence-electron chi connectivity index (χ3n) is 9.60. The first-order valence-corrected chi connectivity index (χ1v) is 13.3. The molecule has 194 valence electrons. The number of ether oxygens (including phenoxy) is 3. The summed E-state index contributed by atoms with van der Waals surface area (Å²) in [4.78, 5) is 14.1. The minimum atomic E-state index is -0.0226. The predicted molar refractivity (Wildman–Crippen MR) is 142 cm³/mol. The fraction of sp³-hybridized carbons (Fsp3) is 0.581. The first-order chi connectivity index (χ1) is 16.8. The molecule has 36 heavy (non-hydrogen) atoms. The zero-order valence-corrected chi connectivity index (χ0v) is 23.5. The van der Waals surface area contributed by atoms with E-state index in [-0.39, 0.29) is 29.4 Å². The second-order valence-electron chi connectivity index (χ2n) is 13.0. The lowest BCUT2D eigenvalue weighted by Crippen LogP contribution is -2.48. The smallest absolute Gasteiger partial charge is 0.231 e. The molecule has 0 saturated heterocycles. The molecule has 3 aliphatic rings. The molecule has 1 aliphatic carbocycles. The van der Waals surface area contributed by atoms with Crippen molar-refractivity contribution in [2.75, 3.05) is 34.5 Å². The molecule has 0 radical (unpaired) electrons. The summed E-state index contributed by atoms with van der Waals surface area (Å²) in [7, 11) is 6.12. The molecule has 0 aromatic heterocycles. The summed E-state index contributed by atoms with van der Waals surface area (Å²) in [6, 6.07) is 6.59. The normalized spacial score (nSPS) is 24.6. The Morgan fingerprint density at radius 1 is 1.11 bits per heavy atom. The number of carbonyl (C=O) groups is 1. The molecule has 5 heteroatoms. The predicted octanol–water partition coefficient (Wildman–Crippen LogP) is 6.27. The van der Waals surface area contributed by atoms with Crippen molar-refractivity contribution in [3.63, 3.8) is 0 Å². The van der Waals surface area contributed by atoms with Crippen LogP contribution in [0.25, 0.3) is 0 Å². The quantitative estimate of drug-likeness (QED) is 0.373. The summed E-state index contributed by atoms with van der Waals surface area (Å²) in [5.74, 6) is 2.92. The number of nitrogens with zero attached hydrogens (tertiary/aromatic N) is 1. The van der Waals surface area contributed by atoms with Gasteiger partial charge in [-0.2, -0.15) is 0 Å². The molecule has 0 spiro atoms. The second kappa shape index (κ2) is 8.24. The zero-order valence-electron chi connectivity index (χ0n) is 23.5. The number of hydrogen-bond donors (Lipinski definition) is 0. The molecule has 0 amide bonds. The van der Waals surface area contributed by atoms with Crippen LogP contribution >= 0.6 is 0 Å². The number of Topliss-reactive ketones (excluding diaryl/α,β-unsaturated/α-hetero) is 1. The van der Waals surface area contributed by atoms with Gasteiger partial charge in [0.1, 0.15) is 6.04 Å². The van der Waals surface area contributed by atoms with Gasteiger partial charge < -0.3 is 18.7 Å². The van der Waals surface area contributed by atoms with Crippen molar-refractivity contribution in [1.29, 1.82) is 0 Å². The lowest BCUT2D eigenvalue weighted by Gasteiger charge is -2.47. The summed E-state index contributed by atoms with van der Waals surface area (Å²) < 4.78 is 18.1. The molecular weight excluding hydrogens is 450 g/mol. The van der Waals surface area contributed by atoms with Crippen molar-refractivity contribution in [3.8, 4) is 17.2 Å². The average Bonchev–Trinajstić information content (AvgIpc) is 3.26. The van der Waals surface area contributed by atoms with E-state index in [2.05, 4.69) is 73.8 Å². The van der Waals surface area contributed by atoms with Crippen LogP contribution in [0.4, 0.5) is 0 Å². The first kappa shape index (κ1) is 25.1. The van der Waals surface area contributed by atoms with Gasteiger partial charge >= 0.3 is 0 Å². The number of quaternary nitrogens is 1. The van der Waals surface area contributed by atoms with Crippen LogP contribution in [0, 0.1) is 12.8 Å². The van der Waals surface area contributed by atoms with E-state index in [1.54, 1.807) is 7.11 Å². The number of hydrogen-bond acceptors (Lipinski definition) is 4. The fourth-order valence-electron chi connectivity index (χ4n) is 6.90. The van der Waals surface area contributed by atoms with E-state index in [1.807, 2.05) is 0 Å². The van der Waals surface area contributed by atoms with E-state index in [4.69, 9.17) is 14.2 Å². The summed E-state index contributed by atoms with van der Waals surface area (Å²) >= 11 is 0. The Hall–Kier alpha value is -2.53. The molecule has 5 nitrogen and oxygen atoms in total. The van der Waals surface area contributed by atoms with Gasteiger partial charge in [0, 0.05) is 12.0 Å². The van der Waals surface area contributed by atoms with E-state index in [0.717, 1.165) is 52.1 Å². The molecule has 0 saturated carbocycles. The minimum absolute atomic E-state index is 0.0226. The largest absolute Gasteiger partial charge is 0.492 e. The van der Waals surface area contributed by atoms with E-state index in [1.165, 1.54) is 16.7 Å². The van der Waals surface area contributed by atoms with Crippen molar-refractivity contribution in [1.82, 2.24) is 0 Å². The van der Waals surface area contributed by atoms with E-state index in [0.29, 0.717) is 18.1 Å². The molecule has 5 rings (SSSR count). The number of benzene rings is 2. The highest BCUT2D eigenvalue weighted by Crippen LogP contribution is 2.52. The maximum absolute atomic E-state index is 14.1. The number of methoxy groups -OCH3 is 1. The Labute approximate surface area is 216 Å². The van der Waals surface area contributed by atoms with Gasteiger partial charge in [-0.15, -0.1) is 0 Å². The van der Waals surface area contributed by atoms with E-state index < -0.39 is 0 Å². The van der Waals surface area contributed by atoms with Crippen molar-refractivity contribution < 1.29 is 23.5 Å². The Morgan fingerprint density at radius 2 is 1.83 bits per heavy atom. The van der Waals surface area contributed by atoms with Gasteiger partial charge in [-0.25, -0.2) is 0 Å². The van der Waals surface area contributed by atoms with Gasteiger partial charge in [-0.3, -0.25) is 4.79 Å². The molecule has 0 unspecified atom stereocenters. The highest BCUT2D eigenvalue weighted by atomic mass is 16.7. The molecule has 0 bridgehead atoms. The monoisotopic (exact) mass is 492 g/mol. The van der Waals surface area contributed by atoms with Crippen LogP contribution < -0.4 is 14.2 Å². The van der Waals surface area contributed by atoms with Gasteiger partial charge in [0.25, 0.3) is 0 Å². The fourth-order valence-corrected chi connectivity index (χ4v) is 6.90. The maximum atomic E-state index is 14.1. The Bertz CT molecular complexity index is 1240. The third kappa shape index (κ3) is 3.73. The average molecular weight is 493 g/mol.